The number of alkyl carbamates (subject to hydrolysis) is 1. The number of carbonyl (C=O) groups is 10. The Labute approximate surface area is 471 Å². The van der Waals surface area contributed by atoms with Crippen LogP contribution in [0, 0.1) is 0 Å². The normalized spacial score (nSPS) is 13.4. The van der Waals surface area contributed by atoms with Crippen molar-refractivity contribution in [1.82, 2.24) is 31.9 Å². The quantitative estimate of drug-likeness (QED) is 0.0314. The molecule has 0 fully saturated rings. The Kier molecular flexibility index (Phi) is 20.4. The molecule has 6 aromatic carbocycles. The third kappa shape index (κ3) is 15.6. The minimum Gasteiger partial charge on any atom is -0.481 e. The molecule has 12 N–H and O–H groups in total. The van der Waals surface area contributed by atoms with Crippen molar-refractivity contribution >= 4 is 59.4 Å². The van der Waals surface area contributed by atoms with E-state index >= 15 is 0 Å². The summed E-state index contributed by atoms with van der Waals surface area (Å²) < 4.78 is 5.58. The predicted octanol–water partition coefficient (Wildman–Crippen LogP) is 3.66. The Morgan fingerprint density at radius 3 is 1.28 bits per heavy atom. The zero-order valence-corrected chi connectivity index (χ0v) is 44.3. The van der Waals surface area contributed by atoms with Crippen LogP contribution in [0.2, 0.25) is 0 Å². The van der Waals surface area contributed by atoms with Crippen LogP contribution in [0.3, 0.4) is 0 Å². The number of primary amides is 2. The van der Waals surface area contributed by atoms with Gasteiger partial charge in [0.05, 0.1) is 12.8 Å². The first kappa shape index (κ1) is 59.5. The summed E-state index contributed by atoms with van der Waals surface area (Å²) in [5.74, 6) is -10.8. The van der Waals surface area contributed by atoms with Gasteiger partial charge in [0.1, 0.15) is 42.4 Å². The lowest BCUT2D eigenvalue weighted by Gasteiger charge is -2.37. The zero-order valence-electron chi connectivity index (χ0n) is 44.3. The van der Waals surface area contributed by atoms with Gasteiger partial charge >= 0.3 is 18.0 Å². The Hall–Kier alpha value is -10.2. The van der Waals surface area contributed by atoms with E-state index in [2.05, 4.69) is 31.9 Å². The van der Waals surface area contributed by atoms with E-state index < -0.39 is 134 Å². The van der Waals surface area contributed by atoms with Crippen molar-refractivity contribution in [3.05, 3.63) is 203 Å². The van der Waals surface area contributed by atoms with Crippen molar-refractivity contribution in [2.24, 2.45) is 11.5 Å². The average molecular weight is 1120 g/mol. The van der Waals surface area contributed by atoms with Crippen molar-refractivity contribution in [1.29, 1.82) is 0 Å². The molecule has 0 aromatic heterocycles. The molecule has 0 saturated heterocycles. The van der Waals surface area contributed by atoms with Crippen LogP contribution in [0.4, 0.5) is 4.79 Å². The summed E-state index contributed by atoms with van der Waals surface area (Å²) in [4.78, 5) is 134. The number of carboxylic acid groups (broad SMARTS) is 2. The smallest absolute Gasteiger partial charge is 0.407 e. The first-order valence-electron chi connectivity index (χ1n) is 26.3. The SMILES string of the molecule is NC(=O)C[C@H](NC(=O)OCC1c2ccccc2-c2ccccc21)C(=O)N[C@@H](CC(N)=O)C(=O)N[C@@H](CCC(=O)NC(c1ccccc1)(c1ccccc1)c1ccccc1)C(=O)N[C@@H](CCC(=O)O)C(=O)N[C@@H](Cc1ccccc1)C(=O)O. The van der Waals surface area contributed by atoms with E-state index in [1.165, 1.54) is 0 Å². The van der Waals surface area contributed by atoms with E-state index in [1.54, 1.807) is 84.9 Å². The minimum atomic E-state index is -1.93. The summed E-state index contributed by atoms with van der Waals surface area (Å²) in [5, 5.41) is 34.7. The molecule has 0 heterocycles. The number of amides is 8. The third-order valence-electron chi connectivity index (χ3n) is 13.8. The number of hydrogen-bond donors (Lipinski definition) is 10. The lowest BCUT2D eigenvalue weighted by atomic mass is 9.77. The summed E-state index contributed by atoms with van der Waals surface area (Å²) in [6, 6.07) is 41.7. The maximum Gasteiger partial charge on any atom is 0.407 e. The first-order valence-corrected chi connectivity index (χ1v) is 26.3. The third-order valence-corrected chi connectivity index (χ3v) is 13.8. The topological polar surface area (TPSA) is 345 Å². The van der Waals surface area contributed by atoms with Crippen molar-refractivity contribution in [3.8, 4) is 11.1 Å². The molecule has 8 amide bonds. The van der Waals surface area contributed by atoms with E-state index in [4.69, 9.17) is 16.2 Å². The van der Waals surface area contributed by atoms with Crippen molar-refractivity contribution in [3.63, 3.8) is 0 Å². The second kappa shape index (κ2) is 28.1. The van der Waals surface area contributed by atoms with Crippen molar-refractivity contribution < 1.29 is 62.9 Å². The van der Waals surface area contributed by atoms with Crippen LogP contribution in [0.5, 0.6) is 0 Å². The van der Waals surface area contributed by atoms with Crippen LogP contribution in [-0.4, -0.2) is 106 Å². The highest BCUT2D eigenvalue weighted by Gasteiger charge is 2.40. The van der Waals surface area contributed by atoms with Gasteiger partial charge in [-0.25, -0.2) is 9.59 Å². The Morgan fingerprint density at radius 1 is 0.463 bits per heavy atom. The summed E-state index contributed by atoms with van der Waals surface area (Å²) in [6.07, 6.45) is -5.42. The number of fused-ring (bicyclic) bond motifs is 3. The molecule has 21 nitrogen and oxygen atoms in total. The lowest BCUT2D eigenvalue weighted by molar-refractivity contribution is -0.143. The number of nitrogens with one attached hydrogen (secondary N) is 6. The highest BCUT2D eigenvalue weighted by atomic mass is 16.5. The van der Waals surface area contributed by atoms with Gasteiger partial charge in [-0.2, -0.15) is 0 Å². The molecule has 1 aliphatic carbocycles. The number of aliphatic carboxylic acids is 2. The first-order chi connectivity index (χ1) is 39.4. The number of hydrogen-bond acceptors (Lipinski definition) is 11. The molecule has 0 aliphatic heterocycles. The van der Waals surface area contributed by atoms with Gasteiger partial charge in [-0.1, -0.05) is 170 Å². The predicted molar refractivity (Wildman–Crippen MR) is 299 cm³/mol. The molecule has 0 bridgehead atoms. The molecular formula is C61H62N8O13. The van der Waals surface area contributed by atoms with Crippen LogP contribution in [0.25, 0.3) is 11.1 Å². The number of carbonyl (C=O) groups excluding carboxylic acids is 8. The average Bonchev–Trinajstić information content (AvgIpc) is 3.97. The van der Waals surface area contributed by atoms with Gasteiger partial charge in [0.15, 0.2) is 0 Å². The number of carboxylic acids is 2. The number of rotatable bonds is 28. The molecule has 5 atom stereocenters. The van der Waals surface area contributed by atoms with Crippen LogP contribution < -0.4 is 43.4 Å². The van der Waals surface area contributed by atoms with Crippen LogP contribution in [0.15, 0.2) is 170 Å². The highest BCUT2D eigenvalue weighted by Crippen LogP contribution is 2.44. The molecule has 0 spiro atoms. The number of benzene rings is 6. The van der Waals surface area contributed by atoms with Gasteiger partial charge < -0.3 is 58.3 Å². The zero-order chi connectivity index (χ0) is 58.8. The monoisotopic (exact) mass is 1110 g/mol. The Bertz CT molecular complexity index is 3130. The van der Waals surface area contributed by atoms with Crippen molar-refractivity contribution in [2.75, 3.05) is 6.61 Å². The molecule has 82 heavy (non-hydrogen) atoms. The van der Waals surface area contributed by atoms with E-state index in [9.17, 15) is 58.2 Å². The fourth-order valence-corrected chi connectivity index (χ4v) is 9.88. The lowest BCUT2D eigenvalue weighted by Crippen LogP contribution is -2.59. The maximum absolute atomic E-state index is 14.6. The molecular weight excluding hydrogens is 1050 g/mol. The van der Waals surface area contributed by atoms with Gasteiger partial charge in [-0.05, 0) is 57.3 Å². The molecule has 0 saturated carbocycles. The highest BCUT2D eigenvalue weighted by molar-refractivity contribution is 5.98. The fourth-order valence-electron chi connectivity index (χ4n) is 9.88. The summed E-state index contributed by atoms with van der Waals surface area (Å²) in [5.41, 5.74) is 15.9. The molecule has 6 aromatic rings. The molecule has 424 valence electrons. The van der Waals surface area contributed by atoms with E-state index in [0.29, 0.717) is 22.3 Å². The number of ether oxygens (including phenoxy) is 1. The largest absolute Gasteiger partial charge is 0.481 e. The Morgan fingerprint density at radius 2 is 0.841 bits per heavy atom. The van der Waals surface area contributed by atoms with Crippen LogP contribution in [-0.2, 0) is 59.8 Å². The van der Waals surface area contributed by atoms with Gasteiger partial charge in [0.2, 0.25) is 41.4 Å². The number of nitrogens with two attached hydrogens (primary N) is 2. The van der Waals surface area contributed by atoms with Gasteiger partial charge in [0, 0.05) is 25.2 Å². The van der Waals surface area contributed by atoms with Gasteiger partial charge in [-0.15, -0.1) is 0 Å². The standard InChI is InChI=1S/C61H62N8O13/c62-51(70)34-48(66-58(78)49(35-52(63)71)68-60(81)82-36-45-43-27-15-13-25-41(43)42-26-14-16-28-44(42)45)57(77)65-46(55(75)64-47(30-32-54(73)74)56(76)67-50(59(79)80)33-37-17-5-1-6-18-37)29-31-53(72)69-61(38-19-7-2-8-20-38,39-21-9-3-10-22-39)40-23-11-4-12-24-40/h1-28,45-50H,29-36H2,(H2,62,70)(H2,63,71)(H,64,75)(H,65,77)(H,66,78)(H,67,76)(H,68,81)(H,69,72)(H,73,74)(H,79,80)/t46-,47-,48-,49-,50-/m0/s1. The second-order valence-electron chi connectivity index (χ2n) is 19.5. The summed E-state index contributed by atoms with van der Waals surface area (Å²) in [6.45, 7) is -0.183. The molecule has 1 aliphatic rings. The molecule has 7 rings (SSSR count). The van der Waals surface area contributed by atoms with Gasteiger partial charge in [0.25, 0.3) is 0 Å². The van der Waals surface area contributed by atoms with Crippen LogP contribution >= 0.6 is 0 Å². The summed E-state index contributed by atoms with van der Waals surface area (Å²) >= 11 is 0. The molecule has 0 radical (unpaired) electrons. The summed E-state index contributed by atoms with van der Waals surface area (Å²) in [7, 11) is 0. The van der Waals surface area contributed by atoms with E-state index in [-0.39, 0.29) is 18.9 Å². The molecule has 0 unspecified atom stereocenters. The van der Waals surface area contributed by atoms with Crippen LogP contribution in [0.1, 0.15) is 77.8 Å². The van der Waals surface area contributed by atoms with Crippen molar-refractivity contribution in [2.45, 2.75) is 86.6 Å². The maximum atomic E-state index is 14.6. The molecule has 21 heteroatoms. The van der Waals surface area contributed by atoms with E-state index in [1.807, 2.05) is 84.9 Å². The van der Waals surface area contributed by atoms with E-state index in [0.717, 1.165) is 22.3 Å². The fraction of sp³-hybridized carbons (Fsp3) is 0.246. The minimum absolute atomic E-state index is 0.183. The second-order valence-corrected chi connectivity index (χ2v) is 19.5. The Balaban J connectivity index is 1.15. The van der Waals surface area contributed by atoms with Gasteiger partial charge in [-0.3, -0.25) is 38.4 Å².